The van der Waals surface area contributed by atoms with Gasteiger partial charge in [0.05, 0.1) is 10.5 Å². The molecule has 0 radical (unpaired) electrons. The smallest absolute Gasteiger partial charge is 0.338 e. The maximum atomic E-state index is 12.4. The zero-order valence-corrected chi connectivity index (χ0v) is 16.9. The van der Waals surface area contributed by atoms with Gasteiger partial charge in [0.25, 0.3) is 0 Å². The summed E-state index contributed by atoms with van der Waals surface area (Å²) in [6, 6.07) is 9.25. The first-order chi connectivity index (χ1) is 12.5. The van der Waals surface area contributed by atoms with Crippen molar-refractivity contribution in [1.82, 2.24) is 4.31 Å². The Morgan fingerprint density at radius 3 is 2.22 bits per heavy atom. The van der Waals surface area contributed by atoms with E-state index in [2.05, 4.69) is 0 Å². The van der Waals surface area contributed by atoms with E-state index < -0.39 is 22.6 Å². The highest BCUT2D eigenvalue weighted by Crippen LogP contribution is 2.18. The first kappa shape index (κ1) is 20.8. The molecule has 0 saturated carbocycles. The predicted molar refractivity (Wildman–Crippen MR) is 103 cm³/mol. The van der Waals surface area contributed by atoms with E-state index in [-0.39, 0.29) is 16.2 Å². The third-order valence-electron chi connectivity index (χ3n) is 4.32. The van der Waals surface area contributed by atoms with Crippen molar-refractivity contribution in [3.05, 3.63) is 64.2 Å². The Morgan fingerprint density at radius 2 is 1.59 bits per heavy atom. The minimum atomic E-state index is -3.66. The number of rotatable bonds is 6. The lowest BCUT2D eigenvalue weighted by molar-refractivity contribution is 0.0474. The number of ketones is 1. The van der Waals surface area contributed by atoms with Crippen molar-refractivity contribution in [1.29, 1.82) is 0 Å². The fourth-order valence-corrected chi connectivity index (χ4v) is 3.50. The quantitative estimate of drug-likeness (QED) is 0.561. The zero-order chi connectivity index (χ0) is 20.4. The lowest BCUT2D eigenvalue weighted by Gasteiger charge is -2.12. The number of hydrogen-bond donors (Lipinski definition) is 0. The third kappa shape index (κ3) is 4.61. The molecule has 2 aromatic carbocycles. The number of carbonyl (C=O) groups excluding carboxylic acids is 2. The number of hydrogen-bond acceptors (Lipinski definition) is 5. The van der Waals surface area contributed by atoms with Crippen LogP contribution in [0.25, 0.3) is 0 Å². The number of ether oxygens (including phenoxy) is 1. The van der Waals surface area contributed by atoms with E-state index >= 15 is 0 Å². The van der Waals surface area contributed by atoms with Crippen molar-refractivity contribution in [3.63, 3.8) is 0 Å². The van der Waals surface area contributed by atoms with Crippen LogP contribution in [-0.4, -0.2) is 45.2 Å². The van der Waals surface area contributed by atoms with Gasteiger partial charge in [-0.25, -0.2) is 17.5 Å². The lowest BCUT2D eigenvalue weighted by Crippen LogP contribution is -2.22. The average Bonchev–Trinajstić information content (AvgIpc) is 2.62. The molecule has 0 spiro atoms. The van der Waals surface area contributed by atoms with Gasteiger partial charge in [-0.05, 0) is 61.7 Å². The van der Waals surface area contributed by atoms with Gasteiger partial charge in [-0.1, -0.05) is 12.1 Å². The van der Waals surface area contributed by atoms with Gasteiger partial charge in [0.15, 0.2) is 6.61 Å². The van der Waals surface area contributed by atoms with E-state index in [1.807, 2.05) is 26.8 Å². The zero-order valence-electron chi connectivity index (χ0n) is 16.1. The summed E-state index contributed by atoms with van der Waals surface area (Å²) in [5.41, 5.74) is 3.47. The Labute approximate surface area is 159 Å². The maximum Gasteiger partial charge on any atom is 0.338 e. The molecule has 2 rings (SSSR count). The van der Waals surface area contributed by atoms with Crippen molar-refractivity contribution in [2.75, 3.05) is 20.7 Å². The van der Waals surface area contributed by atoms with Crippen LogP contribution in [0.1, 0.15) is 37.4 Å². The summed E-state index contributed by atoms with van der Waals surface area (Å²) in [5, 5.41) is 0. The molecule has 0 N–H and O–H groups in total. The van der Waals surface area contributed by atoms with Crippen molar-refractivity contribution < 1.29 is 22.7 Å². The first-order valence-corrected chi connectivity index (χ1v) is 9.79. The number of aryl methyl sites for hydroxylation is 3. The van der Waals surface area contributed by atoms with Gasteiger partial charge < -0.3 is 4.74 Å². The van der Waals surface area contributed by atoms with E-state index in [1.54, 1.807) is 6.07 Å². The Bertz CT molecular complexity index is 993. The van der Waals surface area contributed by atoms with Crippen LogP contribution in [0, 0.1) is 20.8 Å². The molecule has 27 heavy (non-hydrogen) atoms. The Hall–Kier alpha value is -2.51. The van der Waals surface area contributed by atoms with E-state index in [1.165, 1.54) is 38.4 Å². The highest BCUT2D eigenvalue weighted by Gasteiger charge is 2.20. The van der Waals surface area contributed by atoms with Crippen LogP contribution in [0.15, 0.2) is 41.3 Å². The first-order valence-electron chi connectivity index (χ1n) is 8.35. The molecule has 7 heteroatoms. The van der Waals surface area contributed by atoms with Crippen LogP contribution < -0.4 is 0 Å². The highest BCUT2D eigenvalue weighted by atomic mass is 32.2. The summed E-state index contributed by atoms with van der Waals surface area (Å²) in [6.07, 6.45) is 0. The molecule has 0 aliphatic rings. The van der Waals surface area contributed by atoms with Crippen LogP contribution in [0.5, 0.6) is 0 Å². The number of sulfonamides is 1. The molecular weight excluding hydrogens is 366 g/mol. The predicted octanol–water partition coefficient (Wildman–Crippen LogP) is 2.90. The second-order valence-corrected chi connectivity index (χ2v) is 8.72. The van der Waals surface area contributed by atoms with Gasteiger partial charge in [-0.15, -0.1) is 0 Å². The standard InChI is InChI=1S/C20H23NO5S/c1-13-9-15(3)18(10-14(13)2)19(22)12-26-20(23)16-7-6-8-17(11-16)27(24,25)21(4)5/h6-11H,12H2,1-5H3. The van der Waals surface area contributed by atoms with Crippen LogP contribution >= 0.6 is 0 Å². The van der Waals surface area contributed by atoms with Crippen molar-refractivity contribution in [3.8, 4) is 0 Å². The van der Waals surface area contributed by atoms with E-state index in [0.29, 0.717) is 5.56 Å². The number of Topliss-reactive ketones (excluding diaryl/α,β-unsaturated/α-hetero) is 1. The second-order valence-electron chi connectivity index (χ2n) is 6.57. The molecule has 6 nitrogen and oxygen atoms in total. The van der Waals surface area contributed by atoms with Crippen LogP contribution in [0.4, 0.5) is 0 Å². The van der Waals surface area contributed by atoms with Gasteiger partial charge in [-0.2, -0.15) is 0 Å². The molecule has 0 aromatic heterocycles. The van der Waals surface area contributed by atoms with Crippen LogP contribution in [-0.2, 0) is 14.8 Å². The summed E-state index contributed by atoms with van der Waals surface area (Å²) in [6.45, 7) is 5.30. The topological polar surface area (TPSA) is 80.8 Å². The fraction of sp³-hybridized carbons (Fsp3) is 0.300. The van der Waals surface area contributed by atoms with Crippen molar-refractivity contribution in [2.24, 2.45) is 0 Å². The van der Waals surface area contributed by atoms with Crippen molar-refractivity contribution in [2.45, 2.75) is 25.7 Å². The normalized spacial score (nSPS) is 11.5. The Kier molecular flexibility index (Phi) is 6.18. The fourth-order valence-electron chi connectivity index (χ4n) is 2.55. The number of esters is 1. The van der Waals surface area contributed by atoms with E-state index in [4.69, 9.17) is 4.74 Å². The van der Waals surface area contributed by atoms with Crippen LogP contribution in [0.2, 0.25) is 0 Å². The molecule has 0 bridgehead atoms. The minimum Gasteiger partial charge on any atom is -0.454 e. The molecule has 0 atom stereocenters. The molecule has 2 aromatic rings. The monoisotopic (exact) mass is 389 g/mol. The van der Waals surface area contributed by atoms with E-state index in [9.17, 15) is 18.0 Å². The average molecular weight is 389 g/mol. The summed E-state index contributed by atoms with van der Waals surface area (Å²) in [4.78, 5) is 24.6. The molecule has 0 saturated heterocycles. The van der Waals surface area contributed by atoms with Gasteiger partial charge in [0.1, 0.15) is 0 Å². The molecule has 0 aliphatic carbocycles. The summed E-state index contributed by atoms with van der Waals surface area (Å²) >= 11 is 0. The van der Waals surface area contributed by atoms with E-state index in [0.717, 1.165) is 21.0 Å². The largest absolute Gasteiger partial charge is 0.454 e. The van der Waals surface area contributed by atoms with Crippen molar-refractivity contribution >= 4 is 21.8 Å². The number of nitrogens with zero attached hydrogens (tertiary/aromatic N) is 1. The number of carbonyl (C=O) groups is 2. The number of benzene rings is 2. The molecule has 0 heterocycles. The molecule has 0 aliphatic heterocycles. The van der Waals surface area contributed by atoms with Gasteiger partial charge in [0, 0.05) is 19.7 Å². The highest BCUT2D eigenvalue weighted by molar-refractivity contribution is 7.89. The minimum absolute atomic E-state index is 0.0155. The molecule has 144 valence electrons. The molecule has 0 unspecified atom stereocenters. The SMILES string of the molecule is Cc1cc(C)c(C(=O)COC(=O)c2cccc(S(=O)(=O)N(C)C)c2)cc1C. The Balaban J connectivity index is 2.15. The Morgan fingerprint density at radius 1 is 0.963 bits per heavy atom. The lowest BCUT2D eigenvalue weighted by atomic mass is 9.98. The van der Waals surface area contributed by atoms with Gasteiger partial charge in [0.2, 0.25) is 15.8 Å². The van der Waals surface area contributed by atoms with Gasteiger partial charge >= 0.3 is 5.97 Å². The summed E-state index contributed by atoms with van der Waals surface area (Å²) in [7, 11) is -0.848. The van der Waals surface area contributed by atoms with Crippen LogP contribution in [0.3, 0.4) is 0 Å². The molecule has 0 amide bonds. The third-order valence-corrected chi connectivity index (χ3v) is 6.13. The summed E-state index contributed by atoms with van der Waals surface area (Å²) < 4.78 is 30.5. The maximum absolute atomic E-state index is 12.4. The second kappa shape index (κ2) is 8.02. The molecular formula is C20H23NO5S. The molecule has 0 fully saturated rings. The van der Waals surface area contributed by atoms with Gasteiger partial charge in [-0.3, -0.25) is 4.79 Å². The summed E-state index contributed by atoms with van der Waals surface area (Å²) in [5.74, 6) is -1.05.